The maximum atomic E-state index is 13.1. The summed E-state index contributed by atoms with van der Waals surface area (Å²) in [7, 11) is 0. The van der Waals surface area contributed by atoms with Crippen molar-refractivity contribution in [2.45, 2.75) is 78.8 Å². The Morgan fingerprint density at radius 1 is 0.840 bits per heavy atom. The highest BCUT2D eigenvalue weighted by Gasteiger charge is 2.38. The molecule has 2 rings (SSSR count). The van der Waals surface area contributed by atoms with Gasteiger partial charge in [0.15, 0.2) is 0 Å². The van der Waals surface area contributed by atoms with Crippen molar-refractivity contribution in [1.29, 1.82) is 0 Å². The molecule has 0 spiro atoms. The summed E-state index contributed by atoms with van der Waals surface area (Å²) in [6.07, 6.45) is 1.94. The fourth-order valence-electron chi connectivity index (χ4n) is 2.91. The molecular weight excluding hydrogens is 308 g/mol. The lowest BCUT2D eigenvalue weighted by Crippen LogP contribution is -2.46. The first-order chi connectivity index (χ1) is 11.2. The second kappa shape index (κ2) is 6.12. The van der Waals surface area contributed by atoms with Gasteiger partial charge in [-0.3, -0.25) is 14.7 Å². The molecule has 0 fully saturated rings. The van der Waals surface area contributed by atoms with Crippen LogP contribution in [0.2, 0.25) is 0 Å². The molecule has 1 aromatic rings. The van der Waals surface area contributed by atoms with Crippen molar-refractivity contribution in [2.24, 2.45) is 4.99 Å². The Labute approximate surface area is 152 Å². The monoisotopic (exact) mass is 340 g/mol. The van der Waals surface area contributed by atoms with Crippen molar-refractivity contribution in [3.63, 3.8) is 0 Å². The third-order valence-corrected chi connectivity index (χ3v) is 4.12. The van der Waals surface area contributed by atoms with Crippen molar-refractivity contribution in [3.05, 3.63) is 41.5 Å². The average Bonchev–Trinajstić information content (AvgIpc) is 2.72. The van der Waals surface area contributed by atoms with E-state index < -0.39 is 0 Å². The third kappa shape index (κ3) is 4.39. The highest BCUT2D eigenvalue weighted by atomic mass is 16.2. The van der Waals surface area contributed by atoms with E-state index in [1.54, 1.807) is 0 Å². The van der Waals surface area contributed by atoms with Crippen molar-refractivity contribution >= 4 is 17.3 Å². The molecule has 0 unspecified atom stereocenters. The Bertz CT molecular complexity index is 717. The van der Waals surface area contributed by atoms with E-state index in [2.05, 4.69) is 53.7 Å². The Morgan fingerprint density at radius 3 is 1.76 bits per heavy atom. The van der Waals surface area contributed by atoms with Gasteiger partial charge in [-0.1, -0.05) is 45.0 Å². The van der Waals surface area contributed by atoms with Gasteiger partial charge >= 0.3 is 0 Å². The summed E-state index contributed by atoms with van der Waals surface area (Å²) < 4.78 is 0. The topological polar surface area (TPSA) is 32.7 Å². The smallest absolute Gasteiger partial charge is 0.260 e. The molecular formula is C22H32N2O. The minimum absolute atomic E-state index is 0.0269. The number of carbonyl (C=O) groups is 1. The Balaban J connectivity index is 2.49. The average molecular weight is 341 g/mol. The molecule has 1 aliphatic rings. The largest absolute Gasteiger partial charge is 0.288 e. The maximum Gasteiger partial charge on any atom is 0.260 e. The summed E-state index contributed by atoms with van der Waals surface area (Å²) in [6, 6.07) is 8.32. The first kappa shape index (κ1) is 19.4. The number of amides is 1. The van der Waals surface area contributed by atoms with Crippen molar-refractivity contribution < 1.29 is 4.79 Å². The summed E-state index contributed by atoms with van der Waals surface area (Å²) in [6.45, 7) is 18.9. The number of amidine groups is 1. The molecule has 136 valence electrons. The van der Waals surface area contributed by atoms with Gasteiger partial charge in [0.05, 0.1) is 11.1 Å². The highest BCUT2D eigenvalue weighted by Crippen LogP contribution is 2.32. The van der Waals surface area contributed by atoms with Gasteiger partial charge in [0.1, 0.15) is 5.84 Å². The zero-order valence-electron chi connectivity index (χ0n) is 17.2. The van der Waals surface area contributed by atoms with Crippen LogP contribution in [0, 0.1) is 0 Å². The number of nitrogens with zero attached hydrogens (tertiary/aromatic N) is 2. The van der Waals surface area contributed by atoms with Crippen LogP contribution in [0.15, 0.2) is 35.3 Å². The zero-order chi connectivity index (χ0) is 19.2. The first-order valence-electron chi connectivity index (χ1n) is 8.97. The number of hydrogen-bond acceptors (Lipinski definition) is 2. The predicted molar refractivity (Wildman–Crippen MR) is 107 cm³/mol. The van der Waals surface area contributed by atoms with Crippen LogP contribution in [0.1, 0.15) is 73.4 Å². The summed E-state index contributed by atoms with van der Waals surface area (Å²) in [5.41, 5.74) is 2.48. The fraction of sp³-hybridized carbons (Fsp3) is 0.545. The summed E-state index contributed by atoms with van der Waals surface area (Å²) in [5.74, 6) is 0.777. The number of benzene rings is 1. The molecule has 0 saturated carbocycles. The van der Waals surface area contributed by atoms with Crippen LogP contribution in [0.4, 0.5) is 0 Å². The lowest BCUT2D eigenvalue weighted by molar-refractivity contribution is -0.123. The summed E-state index contributed by atoms with van der Waals surface area (Å²) in [4.78, 5) is 19.7. The van der Waals surface area contributed by atoms with Crippen LogP contribution in [-0.2, 0) is 10.2 Å². The van der Waals surface area contributed by atoms with Crippen molar-refractivity contribution in [2.75, 3.05) is 0 Å². The van der Waals surface area contributed by atoms with E-state index in [1.165, 1.54) is 5.56 Å². The van der Waals surface area contributed by atoms with Crippen LogP contribution in [-0.4, -0.2) is 27.7 Å². The van der Waals surface area contributed by atoms with E-state index in [9.17, 15) is 4.79 Å². The lowest BCUT2D eigenvalue weighted by atomic mass is 9.86. The molecule has 0 aromatic heterocycles. The molecule has 1 aromatic carbocycles. The minimum Gasteiger partial charge on any atom is -0.288 e. The molecule has 3 nitrogen and oxygen atoms in total. The molecule has 0 radical (unpaired) electrons. The van der Waals surface area contributed by atoms with Crippen LogP contribution in [0.3, 0.4) is 0 Å². The van der Waals surface area contributed by atoms with Crippen LogP contribution >= 0.6 is 0 Å². The van der Waals surface area contributed by atoms with Gasteiger partial charge in [-0.2, -0.15) is 0 Å². The summed E-state index contributed by atoms with van der Waals surface area (Å²) >= 11 is 0. The quantitative estimate of drug-likeness (QED) is 0.691. The van der Waals surface area contributed by atoms with E-state index in [-0.39, 0.29) is 22.4 Å². The standard InChI is InChI=1S/C22H32N2O/c1-20(2,3)16-12-10-15(11-13-16)17-14-18(23-21(4,5)6)24(19(17)25)22(7,8)9/h10-14H,1-9H3. The van der Waals surface area contributed by atoms with Gasteiger partial charge < -0.3 is 0 Å². The Kier molecular flexibility index (Phi) is 4.75. The Morgan fingerprint density at radius 2 is 1.36 bits per heavy atom. The number of rotatable bonds is 1. The zero-order valence-corrected chi connectivity index (χ0v) is 17.2. The number of aliphatic imine (C=N–C) groups is 1. The molecule has 0 bridgehead atoms. The number of carbonyl (C=O) groups excluding carboxylic acids is 1. The highest BCUT2D eigenvalue weighted by molar-refractivity contribution is 6.34. The van der Waals surface area contributed by atoms with Gasteiger partial charge in [-0.25, -0.2) is 0 Å². The van der Waals surface area contributed by atoms with E-state index >= 15 is 0 Å². The molecule has 0 saturated heterocycles. The van der Waals surface area contributed by atoms with Gasteiger partial charge in [-0.15, -0.1) is 0 Å². The maximum absolute atomic E-state index is 13.1. The molecule has 3 heteroatoms. The molecule has 0 aliphatic carbocycles. The lowest BCUT2D eigenvalue weighted by Gasteiger charge is -2.33. The molecule has 1 heterocycles. The van der Waals surface area contributed by atoms with E-state index in [1.807, 2.05) is 43.9 Å². The van der Waals surface area contributed by atoms with Crippen LogP contribution in [0.25, 0.3) is 5.57 Å². The first-order valence-corrected chi connectivity index (χ1v) is 8.97. The normalized spacial score (nSPS) is 18.1. The minimum atomic E-state index is -0.315. The van der Waals surface area contributed by atoms with E-state index in [0.717, 1.165) is 17.0 Å². The van der Waals surface area contributed by atoms with Gasteiger partial charge in [0, 0.05) is 5.54 Å². The fourth-order valence-corrected chi connectivity index (χ4v) is 2.91. The molecule has 0 atom stereocenters. The molecule has 1 amide bonds. The van der Waals surface area contributed by atoms with Crippen LogP contribution < -0.4 is 0 Å². The van der Waals surface area contributed by atoms with Crippen LogP contribution in [0.5, 0.6) is 0 Å². The molecule has 0 N–H and O–H groups in total. The van der Waals surface area contributed by atoms with Crippen molar-refractivity contribution in [3.8, 4) is 0 Å². The Hall–Kier alpha value is -1.90. The van der Waals surface area contributed by atoms with Gasteiger partial charge in [0.2, 0.25) is 0 Å². The number of hydrogen-bond donors (Lipinski definition) is 0. The van der Waals surface area contributed by atoms with Gasteiger partial charge in [0.25, 0.3) is 5.91 Å². The molecule has 1 aliphatic heterocycles. The second-order valence-electron chi connectivity index (χ2n) is 9.84. The SMILES string of the molecule is CC(C)(C)N=C1C=C(c2ccc(C(C)(C)C)cc2)C(=O)N1C(C)(C)C. The molecule has 25 heavy (non-hydrogen) atoms. The van der Waals surface area contributed by atoms with Crippen molar-refractivity contribution in [1.82, 2.24) is 4.90 Å². The van der Waals surface area contributed by atoms with E-state index in [4.69, 9.17) is 4.99 Å². The summed E-state index contributed by atoms with van der Waals surface area (Å²) in [5, 5.41) is 0. The predicted octanol–water partition coefficient (Wildman–Crippen LogP) is 5.21. The third-order valence-electron chi connectivity index (χ3n) is 4.12. The second-order valence-corrected chi connectivity index (χ2v) is 9.84. The van der Waals surface area contributed by atoms with E-state index in [0.29, 0.717) is 0 Å². The van der Waals surface area contributed by atoms with Gasteiger partial charge in [-0.05, 0) is 64.2 Å².